The highest BCUT2D eigenvalue weighted by atomic mass is 16.5. The Morgan fingerprint density at radius 2 is 2.17 bits per heavy atom. The maximum absolute atomic E-state index is 12.8. The van der Waals surface area contributed by atoms with Crippen molar-refractivity contribution in [3.63, 3.8) is 0 Å². The first-order valence-corrected chi connectivity index (χ1v) is 8.06. The molecule has 0 spiro atoms. The number of fused-ring (bicyclic) bond motifs is 1. The van der Waals surface area contributed by atoms with Crippen molar-refractivity contribution in [2.75, 3.05) is 52.3 Å². The molecule has 0 aromatic carbocycles. The number of rotatable bonds is 3. The van der Waals surface area contributed by atoms with Crippen molar-refractivity contribution in [1.29, 1.82) is 0 Å². The highest BCUT2D eigenvalue weighted by Crippen LogP contribution is 2.42. The van der Waals surface area contributed by atoms with Crippen LogP contribution in [0.5, 0.6) is 0 Å². The van der Waals surface area contributed by atoms with E-state index in [1.165, 1.54) is 6.20 Å². The number of hydrogen-bond donors (Lipinski definition) is 1. The van der Waals surface area contributed by atoms with Gasteiger partial charge in [0, 0.05) is 46.8 Å². The van der Waals surface area contributed by atoms with Crippen LogP contribution in [-0.2, 0) is 9.53 Å². The number of likely N-dealkylation sites (tertiary alicyclic amines) is 1. The highest BCUT2D eigenvalue weighted by Gasteiger charge is 2.54. The minimum atomic E-state index is -0.556. The van der Waals surface area contributed by atoms with Gasteiger partial charge >= 0.3 is 0 Å². The smallest absolute Gasteiger partial charge is 0.274 e. The number of ether oxygens (including phenoxy) is 1. The van der Waals surface area contributed by atoms with Gasteiger partial charge in [0.05, 0.1) is 24.4 Å². The van der Waals surface area contributed by atoms with Crippen LogP contribution in [0.15, 0.2) is 12.4 Å². The van der Waals surface area contributed by atoms with Crippen molar-refractivity contribution in [3.8, 4) is 0 Å². The maximum Gasteiger partial charge on any atom is 0.274 e. The van der Waals surface area contributed by atoms with Gasteiger partial charge < -0.3 is 19.9 Å². The van der Waals surface area contributed by atoms with E-state index in [1.807, 2.05) is 19.0 Å². The molecule has 3 rings (SSSR count). The Kier molecular flexibility index (Phi) is 4.40. The van der Waals surface area contributed by atoms with Crippen LogP contribution >= 0.6 is 0 Å². The number of nitrogens with one attached hydrogen (secondary N) is 1. The van der Waals surface area contributed by atoms with E-state index in [1.54, 1.807) is 18.1 Å². The predicted molar refractivity (Wildman–Crippen MR) is 87.7 cm³/mol. The Labute approximate surface area is 141 Å². The molecule has 0 bridgehead atoms. The van der Waals surface area contributed by atoms with Gasteiger partial charge in [-0.1, -0.05) is 0 Å². The van der Waals surface area contributed by atoms with Crippen LogP contribution < -0.4 is 10.2 Å². The topological polar surface area (TPSA) is 87.7 Å². The van der Waals surface area contributed by atoms with Crippen molar-refractivity contribution < 1.29 is 14.3 Å². The van der Waals surface area contributed by atoms with Crippen molar-refractivity contribution in [1.82, 2.24) is 20.2 Å². The van der Waals surface area contributed by atoms with E-state index in [0.29, 0.717) is 44.2 Å². The van der Waals surface area contributed by atoms with Crippen LogP contribution in [0, 0.1) is 11.3 Å². The summed E-state index contributed by atoms with van der Waals surface area (Å²) in [5.74, 6) is 0.506. The van der Waals surface area contributed by atoms with Crippen molar-refractivity contribution in [2.45, 2.75) is 6.42 Å². The first-order valence-electron chi connectivity index (χ1n) is 8.06. The van der Waals surface area contributed by atoms with E-state index >= 15 is 0 Å². The molecule has 2 saturated heterocycles. The zero-order valence-corrected chi connectivity index (χ0v) is 14.3. The normalized spacial score (nSPS) is 26.0. The van der Waals surface area contributed by atoms with Crippen LogP contribution in [0.4, 0.5) is 5.82 Å². The Morgan fingerprint density at radius 3 is 2.79 bits per heavy atom. The number of amides is 2. The lowest BCUT2D eigenvalue weighted by Gasteiger charge is -2.36. The van der Waals surface area contributed by atoms with Gasteiger partial charge in [-0.2, -0.15) is 0 Å². The van der Waals surface area contributed by atoms with Gasteiger partial charge in [-0.05, 0) is 6.42 Å². The molecular weight excluding hydrogens is 310 g/mol. The van der Waals surface area contributed by atoms with Crippen LogP contribution in [-0.4, -0.2) is 74.1 Å². The van der Waals surface area contributed by atoms with Crippen LogP contribution in [0.2, 0.25) is 0 Å². The standard InChI is InChI=1S/C16H23N5O3/c1-17-15(23)16-4-5-24-9-11(16)8-21(10-16)14(22)12-6-19-13(7-18-12)20(2)3/h6-7,11H,4-5,8-10H2,1-3H3,(H,17,23)/t11-,16+/m1/s1. The molecule has 8 nitrogen and oxygen atoms in total. The molecule has 0 saturated carbocycles. The van der Waals surface area contributed by atoms with Gasteiger partial charge in [0.1, 0.15) is 11.5 Å². The second-order valence-electron chi connectivity index (χ2n) is 6.60. The predicted octanol–water partition coefficient (Wildman–Crippen LogP) is -0.233. The molecule has 24 heavy (non-hydrogen) atoms. The molecule has 2 aliphatic heterocycles. The Balaban J connectivity index is 1.80. The number of carbonyl (C=O) groups is 2. The molecule has 3 heterocycles. The molecule has 1 aromatic heterocycles. The molecule has 0 unspecified atom stereocenters. The monoisotopic (exact) mass is 333 g/mol. The average molecular weight is 333 g/mol. The summed E-state index contributed by atoms with van der Waals surface area (Å²) in [6.07, 6.45) is 3.70. The van der Waals surface area contributed by atoms with E-state index in [9.17, 15) is 9.59 Å². The Hall–Kier alpha value is -2.22. The van der Waals surface area contributed by atoms with E-state index in [0.717, 1.165) is 0 Å². The SMILES string of the molecule is CNC(=O)[C@]12CCOC[C@H]1CN(C(=O)c1cnc(N(C)C)cn1)C2. The molecule has 2 atom stereocenters. The molecular formula is C16H23N5O3. The quantitative estimate of drug-likeness (QED) is 0.822. The summed E-state index contributed by atoms with van der Waals surface area (Å²) in [5.41, 5.74) is -0.258. The van der Waals surface area contributed by atoms with Crippen molar-refractivity contribution in [3.05, 3.63) is 18.1 Å². The third-order valence-corrected chi connectivity index (χ3v) is 4.99. The van der Waals surface area contributed by atoms with Gasteiger partial charge in [0.25, 0.3) is 5.91 Å². The Bertz CT molecular complexity index is 633. The molecule has 0 radical (unpaired) electrons. The summed E-state index contributed by atoms with van der Waals surface area (Å²) in [5, 5.41) is 2.75. The number of nitrogens with zero attached hydrogens (tertiary/aromatic N) is 4. The minimum absolute atomic E-state index is 0.0138. The lowest BCUT2D eigenvalue weighted by molar-refractivity contribution is -0.138. The molecule has 8 heteroatoms. The average Bonchev–Trinajstić information content (AvgIpc) is 3.01. The summed E-state index contributed by atoms with van der Waals surface area (Å²) in [4.78, 5) is 37.2. The van der Waals surface area contributed by atoms with Crippen molar-refractivity contribution in [2.24, 2.45) is 11.3 Å². The van der Waals surface area contributed by atoms with E-state index in [2.05, 4.69) is 15.3 Å². The molecule has 2 aliphatic rings. The van der Waals surface area contributed by atoms with Crippen molar-refractivity contribution >= 4 is 17.6 Å². The fourth-order valence-corrected chi connectivity index (χ4v) is 3.55. The molecule has 2 amide bonds. The molecule has 1 N–H and O–H groups in total. The summed E-state index contributed by atoms with van der Waals surface area (Å²) < 4.78 is 5.53. The van der Waals surface area contributed by atoms with Crippen LogP contribution in [0.25, 0.3) is 0 Å². The Morgan fingerprint density at radius 1 is 1.38 bits per heavy atom. The zero-order valence-electron chi connectivity index (χ0n) is 14.3. The molecule has 130 valence electrons. The number of anilines is 1. The first kappa shape index (κ1) is 16.6. The molecule has 0 aliphatic carbocycles. The highest BCUT2D eigenvalue weighted by molar-refractivity contribution is 5.93. The fourth-order valence-electron chi connectivity index (χ4n) is 3.55. The third-order valence-electron chi connectivity index (χ3n) is 4.99. The van der Waals surface area contributed by atoms with Crippen LogP contribution in [0.1, 0.15) is 16.9 Å². The largest absolute Gasteiger partial charge is 0.381 e. The third kappa shape index (κ3) is 2.71. The van der Waals surface area contributed by atoms with Crippen LogP contribution in [0.3, 0.4) is 0 Å². The van der Waals surface area contributed by atoms with E-state index in [4.69, 9.17) is 4.74 Å². The maximum atomic E-state index is 12.8. The molecule has 2 fully saturated rings. The summed E-state index contributed by atoms with van der Waals surface area (Å²) >= 11 is 0. The lowest BCUT2D eigenvalue weighted by atomic mass is 9.73. The lowest BCUT2D eigenvalue weighted by Crippen LogP contribution is -2.49. The van der Waals surface area contributed by atoms with Gasteiger partial charge in [-0.15, -0.1) is 0 Å². The van der Waals surface area contributed by atoms with Gasteiger partial charge in [-0.25, -0.2) is 9.97 Å². The fraction of sp³-hybridized carbons (Fsp3) is 0.625. The minimum Gasteiger partial charge on any atom is -0.381 e. The zero-order chi connectivity index (χ0) is 17.3. The van der Waals surface area contributed by atoms with Gasteiger partial charge in [0.15, 0.2) is 0 Å². The van der Waals surface area contributed by atoms with E-state index < -0.39 is 5.41 Å². The second-order valence-corrected chi connectivity index (χ2v) is 6.60. The summed E-state index contributed by atoms with van der Waals surface area (Å²) in [6, 6.07) is 0. The second kappa shape index (κ2) is 6.35. The van der Waals surface area contributed by atoms with Gasteiger partial charge in [0.2, 0.25) is 5.91 Å². The van der Waals surface area contributed by atoms with E-state index in [-0.39, 0.29) is 17.7 Å². The number of hydrogen-bond acceptors (Lipinski definition) is 6. The van der Waals surface area contributed by atoms with Gasteiger partial charge in [-0.3, -0.25) is 9.59 Å². The number of carbonyl (C=O) groups excluding carboxylic acids is 2. The summed E-state index contributed by atoms with van der Waals surface area (Å²) in [6.45, 7) is 1.95. The number of aromatic nitrogens is 2. The summed E-state index contributed by atoms with van der Waals surface area (Å²) in [7, 11) is 5.37. The first-order chi connectivity index (χ1) is 11.5. The molecule has 1 aromatic rings.